The number of carbonyl (C=O) groups excluding carboxylic acids is 1. The molecule has 3 heterocycles. The summed E-state index contributed by atoms with van der Waals surface area (Å²) >= 11 is 0. The van der Waals surface area contributed by atoms with E-state index in [9.17, 15) is 4.79 Å². The zero-order chi connectivity index (χ0) is 14.5. The first-order valence-corrected chi connectivity index (χ1v) is 7.70. The molecule has 7 nitrogen and oxygen atoms in total. The van der Waals surface area contributed by atoms with Crippen molar-refractivity contribution in [2.45, 2.75) is 19.4 Å². The molecule has 0 saturated carbocycles. The SMILES string of the molecule is Cl.O=C(NCCCN1CCOCC1)c1n[nH]c2c1CNCC2. The molecule has 0 aliphatic carbocycles. The standard InChI is InChI=1S/C14H23N5O2.ClH/c20-14(13-11-10-15-4-2-12(11)17-18-13)16-3-1-5-19-6-8-21-9-7-19;/h15H,1-10H2,(H,16,20)(H,17,18);1H. The number of ether oxygens (including phenoxy) is 1. The lowest BCUT2D eigenvalue weighted by Crippen LogP contribution is -2.38. The number of aromatic nitrogens is 2. The number of carbonyl (C=O) groups is 1. The summed E-state index contributed by atoms with van der Waals surface area (Å²) in [5.41, 5.74) is 2.66. The molecule has 2 aliphatic rings. The van der Waals surface area contributed by atoms with Gasteiger partial charge in [-0.1, -0.05) is 0 Å². The summed E-state index contributed by atoms with van der Waals surface area (Å²) in [7, 11) is 0. The van der Waals surface area contributed by atoms with Crippen LogP contribution in [0.4, 0.5) is 0 Å². The molecule has 124 valence electrons. The van der Waals surface area contributed by atoms with Crippen molar-refractivity contribution in [2.24, 2.45) is 0 Å². The van der Waals surface area contributed by atoms with Crippen LogP contribution < -0.4 is 10.6 Å². The maximum atomic E-state index is 12.2. The number of aromatic amines is 1. The van der Waals surface area contributed by atoms with Crippen molar-refractivity contribution in [2.75, 3.05) is 45.9 Å². The predicted molar refractivity (Wildman–Crippen MR) is 85.5 cm³/mol. The molecule has 1 fully saturated rings. The topological polar surface area (TPSA) is 82.3 Å². The smallest absolute Gasteiger partial charge is 0.272 e. The minimum Gasteiger partial charge on any atom is -0.379 e. The molecule has 1 aromatic rings. The van der Waals surface area contributed by atoms with Gasteiger partial charge in [0.05, 0.1) is 13.2 Å². The summed E-state index contributed by atoms with van der Waals surface area (Å²) in [6.45, 7) is 6.98. The predicted octanol–water partition coefficient (Wildman–Crippen LogP) is -0.0707. The van der Waals surface area contributed by atoms with Crippen LogP contribution in [-0.4, -0.2) is 66.9 Å². The number of morpholine rings is 1. The third-order valence-corrected chi connectivity index (χ3v) is 4.06. The van der Waals surface area contributed by atoms with Crippen molar-refractivity contribution < 1.29 is 9.53 Å². The Kier molecular flexibility index (Phi) is 6.63. The molecule has 1 aromatic heterocycles. The quantitative estimate of drug-likeness (QED) is 0.659. The summed E-state index contributed by atoms with van der Waals surface area (Å²) in [5.74, 6) is -0.0711. The lowest BCUT2D eigenvalue weighted by atomic mass is 10.1. The molecule has 1 saturated heterocycles. The van der Waals surface area contributed by atoms with Gasteiger partial charge in [-0.25, -0.2) is 0 Å². The number of nitrogens with zero attached hydrogens (tertiary/aromatic N) is 2. The number of rotatable bonds is 5. The summed E-state index contributed by atoms with van der Waals surface area (Å²) in [4.78, 5) is 14.5. The van der Waals surface area contributed by atoms with E-state index in [-0.39, 0.29) is 18.3 Å². The van der Waals surface area contributed by atoms with Gasteiger partial charge in [-0.3, -0.25) is 14.8 Å². The number of halogens is 1. The van der Waals surface area contributed by atoms with Crippen LogP contribution >= 0.6 is 12.4 Å². The van der Waals surface area contributed by atoms with Gasteiger partial charge in [0.1, 0.15) is 0 Å². The van der Waals surface area contributed by atoms with Crippen LogP contribution in [0.1, 0.15) is 28.2 Å². The summed E-state index contributed by atoms with van der Waals surface area (Å²) < 4.78 is 5.32. The molecular formula is C14H24ClN5O2. The second-order valence-electron chi connectivity index (χ2n) is 5.52. The minimum atomic E-state index is -0.0711. The van der Waals surface area contributed by atoms with Gasteiger partial charge in [-0.15, -0.1) is 12.4 Å². The highest BCUT2D eigenvalue weighted by Gasteiger charge is 2.21. The Hall–Kier alpha value is -1.15. The van der Waals surface area contributed by atoms with Crippen LogP contribution in [0.3, 0.4) is 0 Å². The monoisotopic (exact) mass is 329 g/mol. The molecule has 0 unspecified atom stereocenters. The molecule has 0 aromatic carbocycles. The molecular weight excluding hydrogens is 306 g/mol. The molecule has 0 radical (unpaired) electrons. The van der Waals surface area contributed by atoms with Gasteiger partial charge in [0.2, 0.25) is 0 Å². The van der Waals surface area contributed by atoms with Crippen LogP contribution in [0.2, 0.25) is 0 Å². The fraction of sp³-hybridized carbons (Fsp3) is 0.714. The van der Waals surface area contributed by atoms with Gasteiger partial charge in [0.15, 0.2) is 5.69 Å². The van der Waals surface area contributed by atoms with Crippen molar-refractivity contribution >= 4 is 18.3 Å². The van der Waals surface area contributed by atoms with E-state index in [2.05, 4.69) is 25.7 Å². The minimum absolute atomic E-state index is 0. The van der Waals surface area contributed by atoms with Crippen molar-refractivity contribution in [3.8, 4) is 0 Å². The van der Waals surface area contributed by atoms with Crippen LogP contribution in [0.15, 0.2) is 0 Å². The third kappa shape index (κ3) is 4.19. The first-order chi connectivity index (χ1) is 10.3. The van der Waals surface area contributed by atoms with E-state index in [0.717, 1.165) is 70.0 Å². The van der Waals surface area contributed by atoms with Gasteiger partial charge in [-0.2, -0.15) is 5.10 Å². The molecule has 22 heavy (non-hydrogen) atoms. The number of nitrogens with one attached hydrogen (secondary N) is 3. The maximum absolute atomic E-state index is 12.2. The van der Waals surface area contributed by atoms with Crippen LogP contribution in [-0.2, 0) is 17.7 Å². The van der Waals surface area contributed by atoms with Crippen LogP contribution in [0, 0.1) is 0 Å². The average molecular weight is 330 g/mol. The fourth-order valence-electron chi connectivity index (χ4n) is 2.83. The van der Waals surface area contributed by atoms with Gasteiger partial charge in [0.25, 0.3) is 5.91 Å². The molecule has 3 rings (SSSR count). The molecule has 0 atom stereocenters. The number of hydrogen-bond donors (Lipinski definition) is 3. The number of H-pyrrole nitrogens is 1. The van der Waals surface area contributed by atoms with E-state index in [1.165, 1.54) is 0 Å². The lowest BCUT2D eigenvalue weighted by molar-refractivity contribution is 0.0374. The van der Waals surface area contributed by atoms with Gasteiger partial charge >= 0.3 is 0 Å². The summed E-state index contributed by atoms with van der Waals surface area (Å²) in [6.07, 6.45) is 1.86. The Balaban J connectivity index is 0.00000176. The lowest BCUT2D eigenvalue weighted by Gasteiger charge is -2.26. The molecule has 2 aliphatic heterocycles. The van der Waals surface area contributed by atoms with Gasteiger partial charge in [0, 0.05) is 50.4 Å². The highest BCUT2D eigenvalue weighted by atomic mass is 35.5. The van der Waals surface area contributed by atoms with E-state index in [1.807, 2.05) is 0 Å². The van der Waals surface area contributed by atoms with Gasteiger partial charge in [-0.05, 0) is 13.0 Å². The highest BCUT2D eigenvalue weighted by Crippen LogP contribution is 2.14. The van der Waals surface area contributed by atoms with Crippen molar-refractivity contribution in [1.82, 2.24) is 25.7 Å². The molecule has 0 spiro atoms. The van der Waals surface area contributed by atoms with Crippen LogP contribution in [0.5, 0.6) is 0 Å². The number of amides is 1. The van der Waals surface area contributed by atoms with Crippen molar-refractivity contribution in [3.63, 3.8) is 0 Å². The number of hydrogen-bond acceptors (Lipinski definition) is 5. The first kappa shape index (κ1) is 17.2. The molecule has 8 heteroatoms. The number of fused-ring (bicyclic) bond motifs is 1. The molecule has 3 N–H and O–H groups in total. The third-order valence-electron chi connectivity index (χ3n) is 4.06. The van der Waals surface area contributed by atoms with Crippen molar-refractivity contribution in [3.05, 3.63) is 17.0 Å². The molecule has 0 bridgehead atoms. The van der Waals surface area contributed by atoms with E-state index < -0.39 is 0 Å². The Labute approximate surface area is 136 Å². The fourth-order valence-corrected chi connectivity index (χ4v) is 2.83. The first-order valence-electron chi connectivity index (χ1n) is 7.70. The normalized spacial score (nSPS) is 18.4. The van der Waals surface area contributed by atoms with E-state index >= 15 is 0 Å². The maximum Gasteiger partial charge on any atom is 0.272 e. The molecule has 1 amide bonds. The Bertz CT molecular complexity index is 488. The second kappa shape index (κ2) is 8.47. The van der Waals surface area contributed by atoms with E-state index in [0.29, 0.717) is 12.2 Å². The van der Waals surface area contributed by atoms with Crippen LogP contribution in [0.25, 0.3) is 0 Å². The highest BCUT2D eigenvalue weighted by molar-refractivity contribution is 5.94. The average Bonchev–Trinajstić information content (AvgIpc) is 2.96. The zero-order valence-corrected chi connectivity index (χ0v) is 13.5. The Morgan fingerprint density at radius 3 is 3.00 bits per heavy atom. The zero-order valence-electron chi connectivity index (χ0n) is 12.7. The van der Waals surface area contributed by atoms with E-state index in [4.69, 9.17) is 4.74 Å². The largest absolute Gasteiger partial charge is 0.379 e. The van der Waals surface area contributed by atoms with Crippen molar-refractivity contribution in [1.29, 1.82) is 0 Å². The van der Waals surface area contributed by atoms with E-state index in [1.54, 1.807) is 0 Å². The van der Waals surface area contributed by atoms with Gasteiger partial charge < -0.3 is 15.4 Å². The second-order valence-corrected chi connectivity index (χ2v) is 5.52. The summed E-state index contributed by atoms with van der Waals surface area (Å²) in [6, 6.07) is 0. The Morgan fingerprint density at radius 1 is 1.36 bits per heavy atom. The Morgan fingerprint density at radius 2 is 2.18 bits per heavy atom. The summed E-state index contributed by atoms with van der Waals surface area (Å²) in [5, 5.41) is 13.4.